The third kappa shape index (κ3) is 2.63. The van der Waals surface area contributed by atoms with E-state index < -0.39 is 0 Å². The molecule has 3 heterocycles. The van der Waals surface area contributed by atoms with Crippen LogP contribution in [0, 0.1) is 0 Å². The fourth-order valence-corrected chi connectivity index (χ4v) is 2.48. The maximum Gasteiger partial charge on any atom is 0.236 e. The van der Waals surface area contributed by atoms with E-state index in [2.05, 4.69) is 15.3 Å². The third-order valence-corrected chi connectivity index (χ3v) is 3.84. The molecule has 1 atom stereocenters. The summed E-state index contributed by atoms with van der Waals surface area (Å²) in [5.74, 6) is 0.639. The lowest BCUT2D eigenvalue weighted by molar-refractivity contribution is 0.569. The van der Waals surface area contributed by atoms with Crippen LogP contribution in [-0.4, -0.2) is 20.0 Å². The topological polar surface area (TPSA) is 82.8 Å². The smallest absolute Gasteiger partial charge is 0.236 e. The molecule has 0 aliphatic rings. The fraction of sp³-hybridized carbons (Fsp3) is 0.308. The first kappa shape index (κ1) is 13.0. The standard InChI is InChI=1S/C13H15N5OS/c1-2-10(14)11-7-18(17-16-11)6-9-8-19-13(15-9)12-4-3-5-20-12/h3-5,7-8,10H,2,6,14H2,1H3. The molecule has 0 aromatic carbocycles. The normalized spacial score (nSPS) is 12.7. The van der Waals surface area contributed by atoms with Crippen molar-refractivity contribution in [2.24, 2.45) is 5.73 Å². The average Bonchev–Trinajstić information content (AvgIpc) is 3.19. The van der Waals surface area contributed by atoms with Gasteiger partial charge in [-0.05, 0) is 17.9 Å². The molecule has 0 aliphatic heterocycles. The number of hydrogen-bond acceptors (Lipinski definition) is 6. The SMILES string of the molecule is CCC(N)c1cn(Cc2coc(-c3cccs3)n2)nn1. The summed E-state index contributed by atoms with van der Waals surface area (Å²) in [7, 11) is 0. The van der Waals surface area contributed by atoms with E-state index in [4.69, 9.17) is 10.2 Å². The predicted molar refractivity (Wildman–Crippen MR) is 76.2 cm³/mol. The van der Waals surface area contributed by atoms with Gasteiger partial charge in [-0.1, -0.05) is 18.2 Å². The van der Waals surface area contributed by atoms with Gasteiger partial charge in [-0.15, -0.1) is 16.4 Å². The van der Waals surface area contributed by atoms with Crippen molar-refractivity contribution in [1.29, 1.82) is 0 Å². The van der Waals surface area contributed by atoms with Crippen molar-refractivity contribution in [2.45, 2.75) is 25.9 Å². The lowest BCUT2D eigenvalue weighted by Gasteiger charge is -2.01. The van der Waals surface area contributed by atoms with Gasteiger partial charge in [0.25, 0.3) is 0 Å². The molecule has 0 aliphatic carbocycles. The van der Waals surface area contributed by atoms with Crippen molar-refractivity contribution < 1.29 is 4.42 Å². The van der Waals surface area contributed by atoms with Crippen molar-refractivity contribution in [3.05, 3.63) is 41.4 Å². The summed E-state index contributed by atoms with van der Waals surface area (Å²) >= 11 is 1.60. The van der Waals surface area contributed by atoms with Crippen LogP contribution < -0.4 is 5.73 Å². The van der Waals surface area contributed by atoms with Gasteiger partial charge in [0, 0.05) is 0 Å². The van der Waals surface area contributed by atoms with Gasteiger partial charge in [-0.25, -0.2) is 9.67 Å². The Kier molecular flexibility index (Phi) is 3.62. The summed E-state index contributed by atoms with van der Waals surface area (Å²) in [6, 6.07) is 3.89. The second kappa shape index (κ2) is 5.56. The van der Waals surface area contributed by atoms with E-state index in [1.165, 1.54) is 0 Å². The highest BCUT2D eigenvalue weighted by Crippen LogP contribution is 2.23. The number of hydrogen-bond donors (Lipinski definition) is 1. The van der Waals surface area contributed by atoms with Gasteiger partial charge in [0.15, 0.2) is 0 Å². The molecule has 0 saturated carbocycles. The van der Waals surface area contributed by atoms with Crippen molar-refractivity contribution in [3.63, 3.8) is 0 Å². The van der Waals surface area contributed by atoms with Crippen molar-refractivity contribution >= 4 is 11.3 Å². The zero-order chi connectivity index (χ0) is 13.9. The van der Waals surface area contributed by atoms with Crippen LogP contribution in [0.4, 0.5) is 0 Å². The largest absolute Gasteiger partial charge is 0.443 e. The molecule has 3 aromatic heterocycles. The van der Waals surface area contributed by atoms with Crippen molar-refractivity contribution in [3.8, 4) is 10.8 Å². The number of rotatable bonds is 5. The first-order chi connectivity index (χ1) is 9.76. The van der Waals surface area contributed by atoms with Crippen LogP contribution in [-0.2, 0) is 6.54 Å². The van der Waals surface area contributed by atoms with Gasteiger partial charge in [-0.3, -0.25) is 0 Å². The van der Waals surface area contributed by atoms with Crippen LogP contribution in [0.25, 0.3) is 10.8 Å². The minimum Gasteiger partial charge on any atom is -0.443 e. The van der Waals surface area contributed by atoms with Crippen LogP contribution in [0.5, 0.6) is 0 Å². The van der Waals surface area contributed by atoms with E-state index in [1.54, 1.807) is 22.3 Å². The van der Waals surface area contributed by atoms with Gasteiger partial charge < -0.3 is 10.2 Å². The van der Waals surface area contributed by atoms with Gasteiger partial charge in [0.1, 0.15) is 12.0 Å². The maximum atomic E-state index is 5.92. The zero-order valence-electron chi connectivity index (χ0n) is 11.1. The summed E-state index contributed by atoms with van der Waals surface area (Å²) < 4.78 is 7.19. The molecule has 0 fully saturated rings. The molecule has 6 nitrogen and oxygen atoms in total. The highest BCUT2D eigenvalue weighted by molar-refractivity contribution is 7.13. The van der Waals surface area contributed by atoms with Crippen LogP contribution in [0.1, 0.15) is 30.8 Å². The van der Waals surface area contributed by atoms with E-state index in [0.717, 1.165) is 22.7 Å². The first-order valence-electron chi connectivity index (χ1n) is 6.40. The molecule has 3 aromatic rings. The Morgan fingerprint density at radius 1 is 1.50 bits per heavy atom. The molecule has 0 amide bonds. The molecule has 0 spiro atoms. The van der Waals surface area contributed by atoms with Gasteiger partial charge >= 0.3 is 0 Å². The lowest BCUT2D eigenvalue weighted by Crippen LogP contribution is -2.08. The van der Waals surface area contributed by atoms with E-state index >= 15 is 0 Å². The second-order valence-electron chi connectivity index (χ2n) is 4.48. The highest BCUT2D eigenvalue weighted by atomic mass is 32.1. The third-order valence-electron chi connectivity index (χ3n) is 2.98. The Bertz CT molecular complexity index is 673. The van der Waals surface area contributed by atoms with Crippen molar-refractivity contribution in [1.82, 2.24) is 20.0 Å². The van der Waals surface area contributed by atoms with Crippen LogP contribution in [0.15, 0.2) is 34.4 Å². The summed E-state index contributed by atoms with van der Waals surface area (Å²) in [5.41, 5.74) is 7.54. The van der Waals surface area contributed by atoms with E-state index in [-0.39, 0.29) is 6.04 Å². The summed E-state index contributed by atoms with van der Waals surface area (Å²) in [5, 5.41) is 10.1. The number of oxazole rings is 1. The molecule has 20 heavy (non-hydrogen) atoms. The molecule has 3 rings (SSSR count). The first-order valence-corrected chi connectivity index (χ1v) is 7.28. The number of aromatic nitrogens is 4. The van der Waals surface area contributed by atoms with Crippen LogP contribution in [0.3, 0.4) is 0 Å². The summed E-state index contributed by atoms with van der Waals surface area (Å²) in [6.07, 6.45) is 4.34. The molecule has 2 N–H and O–H groups in total. The average molecular weight is 289 g/mol. The Balaban J connectivity index is 1.73. The number of nitrogens with two attached hydrogens (primary N) is 1. The Morgan fingerprint density at radius 2 is 2.40 bits per heavy atom. The minimum absolute atomic E-state index is 0.0669. The zero-order valence-corrected chi connectivity index (χ0v) is 11.9. The fourth-order valence-electron chi connectivity index (χ4n) is 1.83. The maximum absolute atomic E-state index is 5.92. The van der Waals surface area contributed by atoms with E-state index in [0.29, 0.717) is 12.4 Å². The Hall–Kier alpha value is -1.99. The minimum atomic E-state index is -0.0669. The summed E-state index contributed by atoms with van der Waals surface area (Å²) in [4.78, 5) is 5.46. The second-order valence-corrected chi connectivity index (χ2v) is 5.42. The Labute approximate surface area is 120 Å². The number of nitrogens with zero attached hydrogens (tertiary/aromatic N) is 4. The molecule has 1 unspecified atom stereocenters. The molecular weight excluding hydrogens is 274 g/mol. The van der Waals surface area contributed by atoms with Gasteiger partial charge in [0.05, 0.1) is 29.4 Å². The molecule has 104 valence electrons. The molecule has 0 saturated heterocycles. The van der Waals surface area contributed by atoms with E-state index in [1.807, 2.05) is 30.6 Å². The molecule has 0 radical (unpaired) electrons. The number of thiophene rings is 1. The van der Waals surface area contributed by atoms with E-state index in [9.17, 15) is 0 Å². The van der Waals surface area contributed by atoms with Gasteiger partial charge in [-0.2, -0.15) is 0 Å². The Morgan fingerprint density at radius 3 is 3.15 bits per heavy atom. The quantitative estimate of drug-likeness (QED) is 0.780. The summed E-state index contributed by atoms with van der Waals surface area (Å²) in [6.45, 7) is 2.55. The monoisotopic (exact) mass is 289 g/mol. The van der Waals surface area contributed by atoms with Crippen molar-refractivity contribution in [2.75, 3.05) is 0 Å². The van der Waals surface area contributed by atoms with Crippen LogP contribution in [0.2, 0.25) is 0 Å². The van der Waals surface area contributed by atoms with Crippen LogP contribution >= 0.6 is 11.3 Å². The van der Waals surface area contributed by atoms with Gasteiger partial charge in [0.2, 0.25) is 5.89 Å². The molecule has 0 bridgehead atoms. The highest BCUT2D eigenvalue weighted by Gasteiger charge is 2.11. The lowest BCUT2D eigenvalue weighted by atomic mass is 10.2. The molecular formula is C13H15N5OS. The predicted octanol–water partition coefficient (Wildman–Crippen LogP) is 2.45. The molecule has 7 heteroatoms.